The standard InChI is InChI=1S/C16H25N3O/c1-19(2)16(20)10-13-5-7-15(8-6-13)18-12-14-4-3-9-17-11-14/h5-8,14,17-18H,3-4,9-12H2,1-2H3. The Bertz CT molecular complexity index is 422. The Morgan fingerprint density at radius 3 is 2.70 bits per heavy atom. The number of carbonyl (C=O) groups excluding carboxylic acids is 1. The molecule has 1 aliphatic rings. The highest BCUT2D eigenvalue weighted by Crippen LogP contribution is 2.14. The van der Waals surface area contributed by atoms with Gasteiger partial charge in [-0.05, 0) is 49.5 Å². The zero-order valence-corrected chi connectivity index (χ0v) is 12.5. The van der Waals surface area contributed by atoms with Gasteiger partial charge in [0.1, 0.15) is 0 Å². The monoisotopic (exact) mass is 275 g/mol. The minimum absolute atomic E-state index is 0.138. The third-order valence-corrected chi connectivity index (χ3v) is 3.80. The lowest BCUT2D eigenvalue weighted by atomic mass is 9.99. The van der Waals surface area contributed by atoms with Crippen LogP contribution in [-0.2, 0) is 11.2 Å². The Morgan fingerprint density at radius 1 is 1.35 bits per heavy atom. The van der Waals surface area contributed by atoms with Crippen molar-refractivity contribution in [1.82, 2.24) is 10.2 Å². The molecule has 0 aliphatic carbocycles. The van der Waals surface area contributed by atoms with Gasteiger partial charge in [0.25, 0.3) is 0 Å². The molecule has 2 rings (SSSR count). The molecule has 0 radical (unpaired) electrons. The van der Waals surface area contributed by atoms with Crippen LogP contribution in [0.3, 0.4) is 0 Å². The van der Waals surface area contributed by atoms with Crippen molar-refractivity contribution in [1.29, 1.82) is 0 Å². The zero-order chi connectivity index (χ0) is 14.4. The summed E-state index contributed by atoms with van der Waals surface area (Å²) in [6.07, 6.45) is 3.05. The predicted molar refractivity (Wildman–Crippen MR) is 82.9 cm³/mol. The molecule has 0 saturated carbocycles. The summed E-state index contributed by atoms with van der Waals surface area (Å²) >= 11 is 0. The summed E-state index contributed by atoms with van der Waals surface area (Å²) in [6, 6.07) is 8.19. The summed E-state index contributed by atoms with van der Waals surface area (Å²) in [5.74, 6) is 0.859. The van der Waals surface area contributed by atoms with Crippen LogP contribution in [0.4, 0.5) is 5.69 Å². The minimum Gasteiger partial charge on any atom is -0.385 e. The second-order valence-electron chi connectivity index (χ2n) is 5.76. The summed E-state index contributed by atoms with van der Waals surface area (Å²) in [6.45, 7) is 3.29. The largest absolute Gasteiger partial charge is 0.385 e. The highest BCUT2D eigenvalue weighted by molar-refractivity contribution is 5.78. The third-order valence-electron chi connectivity index (χ3n) is 3.80. The van der Waals surface area contributed by atoms with Gasteiger partial charge in [-0.15, -0.1) is 0 Å². The first kappa shape index (κ1) is 14.9. The molecule has 20 heavy (non-hydrogen) atoms. The van der Waals surface area contributed by atoms with Crippen LogP contribution in [0, 0.1) is 5.92 Å². The number of piperidine rings is 1. The van der Waals surface area contributed by atoms with Crippen LogP contribution in [0.1, 0.15) is 18.4 Å². The van der Waals surface area contributed by atoms with E-state index in [-0.39, 0.29) is 5.91 Å². The lowest BCUT2D eigenvalue weighted by Crippen LogP contribution is -2.33. The molecular weight excluding hydrogens is 250 g/mol. The number of rotatable bonds is 5. The van der Waals surface area contributed by atoms with Gasteiger partial charge >= 0.3 is 0 Å². The van der Waals surface area contributed by atoms with Crippen LogP contribution in [0.5, 0.6) is 0 Å². The number of amides is 1. The quantitative estimate of drug-likeness (QED) is 0.860. The van der Waals surface area contributed by atoms with E-state index in [0.29, 0.717) is 6.42 Å². The summed E-state index contributed by atoms with van der Waals surface area (Å²) in [5, 5.41) is 6.91. The van der Waals surface area contributed by atoms with Crippen molar-refractivity contribution in [3.63, 3.8) is 0 Å². The van der Waals surface area contributed by atoms with Crippen LogP contribution in [0.25, 0.3) is 0 Å². The van der Waals surface area contributed by atoms with Crippen molar-refractivity contribution < 1.29 is 4.79 Å². The van der Waals surface area contributed by atoms with Gasteiger partial charge in [-0.1, -0.05) is 12.1 Å². The lowest BCUT2D eigenvalue weighted by molar-refractivity contribution is -0.127. The van der Waals surface area contributed by atoms with Gasteiger partial charge < -0.3 is 15.5 Å². The molecule has 4 nitrogen and oxygen atoms in total. The smallest absolute Gasteiger partial charge is 0.226 e. The number of nitrogens with zero attached hydrogens (tertiary/aromatic N) is 1. The number of nitrogens with one attached hydrogen (secondary N) is 2. The average molecular weight is 275 g/mol. The van der Waals surface area contributed by atoms with Crippen molar-refractivity contribution in [3.05, 3.63) is 29.8 Å². The Balaban J connectivity index is 1.80. The molecule has 0 spiro atoms. The molecular formula is C16H25N3O. The number of benzene rings is 1. The summed E-state index contributed by atoms with van der Waals surface area (Å²) in [5.41, 5.74) is 2.20. The summed E-state index contributed by atoms with van der Waals surface area (Å²) < 4.78 is 0. The molecule has 1 fully saturated rings. The first-order chi connectivity index (χ1) is 9.65. The topological polar surface area (TPSA) is 44.4 Å². The van der Waals surface area contributed by atoms with Crippen LogP contribution in [0.15, 0.2) is 24.3 Å². The fourth-order valence-electron chi connectivity index (χ4n) is 2.43. The molecule has 1 saturated heterocycles. The van der Waals surface area contributed by atoms with Gasteiger partial charge in [-0.25, -0.2) is 0 Å². The van der Waals surface area contributed by atoms with E-state index in [0.717, 1.165) is 36.8 Å². The van der Waals surface area contributed by atoms with E-state index < -0.39 is 0 Å². The van der Waals surface area contributed by atoms with Crippen LogP contribution in [-0.4, -0.2) is 44.5 Å². The van der Waals surface area contributed by atoms with Gasteiger partial charge in [0, 0.05) is 26.3 Å². The summed E-state index contributed by atoms with van der Waals surface area (Å²) in [7, 11) is 3.58. The Labute approximate surface area is 121 Å². The SMILES string of the molecule is CN(C)C(=O)Cc1ccc(NCC2CCCNC2)cc1. The molecule has 1 aromatic carbocycles. The van der Waals surface area contributed by atoms with E-state index in [1.807, 2.05) is 12.1 Å². The van der Waals surface area contributed by atoms with Crippen molar-refractivity contribution >= 4 is 11.6 Å². The van der Waals surface area contributed by atoms with Crippen molar-refractivity contribution in [2.45, 2.75) is 19.3 Å². The van der Waals surface area contributed by atoms with Gasteiger partial charge in [0.05, 0.1) is 6.42 Å². The maximum Gasteiger partial charge on any atom is 0.226 e. The molecule has 1 atom stereocenters. The molecule has 0 bridgehead atoms. The Morgan fingerprint density at radius 2 is 2.10 bits per heavy atom. The second-order valence-corrected chi connectivity index (χ2v) is 5.76. The van der Waals surface area contributed by atoms with E-state index in [4.69, 9.17) is 0 Å². The fraction of sp³-hybridized carbons (Fsp3) is 0.562. The van der Waals surface area contributed by atoms with E-state index in [1.54, 1.807) is 19.0 Å². The van der Waals surface area contributed by atoms with Crippen molar-refractivity contribution in [2.24, 2.45) is 5.92 Å². The molecule has 0 aromatic heterocycles. The maximum absolute atomic E-state index is 11.6. The van der Waals surface area contributed by atoms with E-state index in [1.165, 1.54) is 12.8 Å². The molecule has 4 heteroatoms. The van der Waals surface area contributed by atoms with Gasteiger partial charge in [-0.3, -0.25) is 4.79 Å². The molecule has 1 amide bonds. The predicted octanol–water partition coefficient (Wildman–Crippen LogP) is 1.73. The van der Waals surface area contributed by atoms with Gasteiger partial charge in [0.2, 0.25) is 5.91 Å². The first-order valence-electron chi connectivity index (χ1n) is 7.39. The van der Waals surface area contributed by atoms with E-state index in [2.05, 4.69) is 22.8 Å². The van der Waals surface area contributed by atoms with Crippen molar-refractivity contribution in [3.8, 4) is 0 Å². The van der Waals surface area contributed by atoms with E-state index >= 15 is 0 Å². The van der Waals surface area contributed by atoms with Gasteiger partial charge in [0.15, 0.2) is 0 Å². The molecule has 1 aliphatic heterocycles. The summed E-state index contributed by atoms with van der Waals surface area (Å²) in [4.78, 5) is 13.3. The highest BCUT2D eigenvalue weighted by atomic mass is 16.2. The number of anilines is 1. The third kappa shape index (κ3) is 4.53. The van der Waals surface area contributed by atoms with Crippen LogP contribution < -0.4 is 10.6 Å². The number of hydrogen-bond acceptors (Lipinski definition) is 3. The van der Waals surface area contributed by atoms with Crippen molar-refractivity contribution in [2.75, 3.05) is 39.0 Å². The minimum atomic E-state index is 0.138. The van der Waals surface area contributed by atoms with Gasteiger partial charge in [-0.2, -0.15) is 0 Å². The Kier molecular flexibility index (Phi) is 5.41. The van der Waals surface area contributed by atoms with E-state index in [9.17, 15) is 4.79 Å². The highest BCUT2D eigenvalue weighted by Gasteiger charge is 2.12. The fourth-order valence-corrected chi connectivity index (χ4v) is 2.43. The van der Waals surface area contributed by atoms with Crippen LogP contribution >= 0.6 is 0 Å². The molecule has 110 valence electrons. The molecule has 1 heterocycles. The number of carbonyl (C=O) groups is 1. The lowest BCUT2D eigenvalue weighted by Gasteiger charge is -2.23. The molecule has 2 N–H and O–H groups in total. The number of hydrogen-bond donors (Lipinski definition) is 2. The first-order valence-corrected chi connectivity index (χ1v) is 7.39. The maximum atomic E-state index is 11.6. The van der Waals surface area contributed by atoms with Crippen LogP contribution in [0.2, 0.25) is 0 Å². The number of likely N-dealkylation sites (N-methyl/N-ethyl adjacent to an activating group) is 1. The average Bonchev–Trinajstić information content (AvgIpc) is 2.47. The normalized spacial score (nSPS) is 18.6. The zero-order valence-electron chi connectivity index (χ0n) is 12.5. The molecule has 1 aromatic rings. The second kappa shape index (κ2) is 7.29. The molecule has 1 unspecified atom stereocenters. The Hall–Kier alpha value is -1.55.